The summed E-state index contributed by atoms with van der Waals surface area (Å²) < 4.78 is 35.8. The second kappa shape index (κ2) is 13.9. The van der Waals surface area contributed by atoms with Crippen LogP contribution >= 0.6 is 0 Å². The molecule has 8 heterocycles. The van der Waals surface area contributed by atoms with Crippen LogP contribution in [0, 0.1) is 98.6 Å². The highest BCUT2D eigenvalue weighted by molar-refractivity contribution is 5.94. The zero-order chi connectivity index (χ0) is 48.0. The summed E-state index contributed by atoms with van der Waals surface area (Å²) in [4.78, 5) is 49.5. The van der Waals surface area contributed by atoms with Crippen molar-refractivity contribution in [2.45, 2.75) is 163 Å². The Bertz CT molecular complexity index is 2710. The monoisotopic (exact) mass is 970 g/mol. The molecule has 8 aliphatic carbocycles. The third kappa shape index (κ3) is 4.59. The molecule has 13 heteroatoms. The van der Waals surface area contributed by atoms with E-state index >= 15 is 14.4 Å². The van der Waals surface area contributed by atoms with Crippen LogP contribution in [0.15, 0.2) is 40.7 Å². The van der Waals surface area contributed by atoms with Crippen LogP contribution in [0.2, 0.25) is 0 Å². The lowest BCUT2D eigenvalue weighted by atomic mass is 9.28. The molecule has 5 spiro atoms. The van der Waals surface area contributed by atoms with E-state index < -0.39 is 86.1 Å². The van der Waals surface area contributed by atoms with Gasteiger partial charge in [-0.3, -0.25) is 14.9 Å². The molecule has 12 fully saturated rings. The van der Waals surface area contributed by atoms with Crippen molar-refractivity contribution in [3.05, 3.63) is 47.6 Å². The minimum absolute atomic E-state index is 0.0347. The van der Waals surface area contributed by atoms with Crippen molar-refractivity contribution < 1.29 is 53.1 Å². The number of ether oxygens (including phenoxy) is 4. The van der Waals surface area contributed by atoms with Gasteiger partial charge >= 0.3 is 11.9 Å². The van der Waals surface area contributed by atoms with Crippen molar-refractivity contribution in [3.8, 4) is 11.8 Å². The molecule has 7 aliphatic heterocycles. The number of rotatable bonds is 6. The van der Waals surface area contributed by atoms with Gasteiger partial charge in [0.25, 0.3) is 0 Å². The maximum Gasteiger partial charge on any atom is 0.339 e. The first-order valence-electron chi connectivity index (χ1n) is 28.0. The molecule has 7 saturated carbocycles. The van der Waals surface area contributed by atoms with Gasteiger partial charge in [0.15, 0.2) is 17.5 Å². The topological polar surface area (TPSA) is 181 Å². The Morgan fingerprint density at radius 2 is 1.90 bits per heavy atom. The highest BCUT2D eigenvalue weighted by Crippen LogP contribution is 2.90. The number of hydrogen-bond donors (Lipinski definition) is 4. The molecule has 5 saturated heterocycles. The van der Waals surface area contributed by atoms with E-state index in [1.54, 1.807) is 6.26 Å². The minimum atomic E-state index is -1.50. The van der Waals surface area contributed by atoms with Crippen LogP contribution in [0.4, 0.5) is 0 Å². The average Bonchev–Trinajstić information content (AvgIpc) is 3.73. The Labute approximate surface area is 415 Å². The summed E-state index contributed by atoms with van der Waals surface area (Å²) in [7, 11) is 0. The van der Waals surface area contributed by atoms with Crippen LogP contribution < -0.4 is 5.32 Å². The van der Waals surface area contributed by atoms with Gasteiger partial charge in [-0.25, -0.2) is 4.79 Å². The van der Waals surface area contributed by atoms with Gasteiger partial charge < -0.3 is 43.6 Å². The molecule has 378 valence electrons. The van der Waals surface area contributed by atoms with E-state index in [1.165, 1.54) is 0 Å². The van der Waals surface area contributed by atoms with Crippen LogP contribution in [0.3, 0.4) is 0 Å². The second-order valence-corrected chi connectivity index (χ2v) is 26.6. The summed E-state index contributed by atoms with van der Waals surface area (Å²) in [6.07, 6.45) is 17.3. The van der Waals surface area contributed by atoms with Crippen molar-refractivity contribution in [3.63, 3.8) is 0 Å². The van der Waals surface area contributed by atoms with E-state index in [1.807, 2.05) is 6.07 Å². The molecule has 16 rings (SSSR count). The van der Waals surface area contributed by atoms with Gasteiger partial charge in [0, 0.05) is 41.3 Å². The van der Waals surface area contributed by atoms with E-state index in [0.717, 1.165) is 95.8 Å². The van der Waals surface area contributed by atoms with Crippen molar-refractivity contribution >= 4 is 17.7 Å². The molecule has 0 amide bonds. The number of fused-ring (bicyclic) bond motifs is 6. The van der Waals surface area contributed by atoms with Crippen molar-refractivity contribution in [1.29, 1.82) is 0 Å². The number of hydrogen-bond acceptors (Lipinski definition) is 13. The Kier molecular flexibility index (Phi) is 8.55. The Balaban J connectivity index is 0.909. The first-order chi connectivity index (χ1) is 34.3. The lowest BCUT2D eigenvalue weighted by molar-refractivity contribution is -0.314. The summed E-state index contributed by atoms with van der Waals surface area (Å²) in [5, 5.41) is 40.3. The molecule has 13 nitrogen and oxygen atoms in total. The Morgan fingerprint density at radius 1 is 1.03 bits per heavy atom. The van der Waals surface area contributed by atoms with Gasteiger partial charge in [0.1, 0.15) is 29.7 Å². The number of allylic oxidation sites excluding steroid dienone is 1. The third-order valence-corrected chi connectivity index (χ3v) is 24.9. The minimum Gasteiger partial charge on any atom is -0.469 e. The molecule has 9 bridgehead atoms. The lowest BCUT2D eigenvalue weighted by Gasteiger charge is -2.74. The smallest absolute Gasteiger partial charge is 0.339 e. The predicted molar refractivity (Wildman–Crippen MR) is 252 cm³/mol. The normalized spacial score (nSPS) is 55.4. The van der Waals surface area contributed by atoms with E-state index in [0.29, 0.717) is 48.5 Å². The van der Waals surface area contributed by atoms with Crippen molar-refractivity contribution in [2.75, 3.05) is 26.4 Å². The van der Waals surface area contributed by atoms with Gasteiger partial charge in [0.2, 0.25) is 0 Å². The van der Waals surface area contributed by atoms with Gasteiger partial charge in [-0.2, -0.15) is 0 Å². The van der Waals surface area contributed by atoms with Crippen LogP contribution in [-0.2, 0) is 45.4 Å². The van der Waals surface area contributed by atoms with Crippen LogP contribution in [-0.4, -0.2) is 106 Å². The summed E-state index contributed by atoms with van der Waals surface area (Å²) in [6.45, 7) is 5.79. The fourth-order valence-corrected chi connectivity index (χ4v) is 23.1. The molecule has 0 unspecified atom stereocenters. The zero-order valence-corrected chi connectivity index (χ0v) is 41.2. The quantitative estimate of drug-likeness (QED) is 0.122. The number of epoxide rings is 1. The summed E-state index contributed by atoms with van der Waals surface area (Å²) in [5.74, 6) is 5.69. The third-order valence-electron chi connectivity index (χ3n) is 24.9. The highest BCUT2D eigenvalue weighted by Gasteiger charge is 2.99. The van der Waals surface area contributed by atoms with Gasteiger partial charge in [-0.15, -0.1) is 0 Å². The standard InChI is InChI=1S/C58H70N2O11/c1-51-18-13-35-22-34-9-6-16-53(34)25-33-24-52(2)55(39-15-20-67-42(39)23-37(41(62)27-61)31-11-12-36-32(21-31)14-19-60-29-59-26-40(36)60)17-5-8-30-7-3-4-10-38(30)56(58(52)48(69-58)50(66)70-55)44(33)54(45(51)43(63)47(56)64)28-68-49(65)46(53)57(35,54)71-51/h13-15,19-20,30-34,36-38,40-41,44-48,59,61-62,64H,3-4,6-7,9-12,16-18,21-29H2,1-2H3/t30-,31-,32-,33-,34-,36+,37+,38-,40-,41-,44-,45-,46-,47-,48-,51+,52+,53+,54-,55+,56+,57+,58-/m1/s1. The summed E-state index contributed by atoms with van der Waals surface area (Å²) in [6, 6.07) is 2.41. The summed E-state index contributed by atoms with van der Waals surface area (Å²) >= 11 is 0. The number of carbonyl (C=O) groups excluding carboxylic acids is 3. The van der Waals surface area contributed by atoms with Gasteiger partial charge in [0.05, 0.1) is 54.9 Å². The number of Topliss-reactive ketones (excluding diaryl/α,β-unsaturated/α-hetero) is 1. The Hall–Kier alpha value is -3.51. The molecule has 4 N–H and O–H groups in total. The first kappa shape index (κ1) is 43.8. The number of nitrogens with one attached hydrogen (secondary N) is 1. The Morgan fingerprint density at radius 3 is 2.77 bits per heavy atom. The van der Waals surface area contributed by atoms with E-state index in [4.69, 9.17) is 23.4 Å². The lowest BCUT2D eigenvalue weighted by Crippen LogP contribution is -2.83. The second-order valence-electron chi connectivity index (χ2n) is 26.6. The van der Waals surface area contributed by atoms with Crippen LogP contribution in [0.25, 0.3) is 0 Å². The maximum atomic E-state index is 16.5. The number of furan rings is 1. The first-order valence-corrected chi connectivity index (χ1v) is 28.0. The molecule has 0 aromatic carbocycles. The molecule has 0 radical (unpaired) electrons. The van der Waals surface area contributed by atoms with E-state index in [9.17, 15) is 15.3 Å². The molecule has 71 heavy (non-hydrogen) atoms. The average molecular weight is 971 g/mol. The van der Waals surface area contributed by atoms with Crippen molar-refractivity contribution in [2.24, 2.45) is 86.8 Å². The van der Waals surface area contributed by atoms with Gasteiger partial charge in [-0.1, -0.05) is 50.2 Å². The molecular formula is C58H70N2O11. The van der Waals surface area contributed by atoms with Crippen LogP contribution in [0.5, 0.6) is 0 Å². The molecule has 1 aromatic heterocycles. The SMILES string of the molecule is C[C@]12C[C@@H]3C[C@@]45CCC[C@@H]4CC4=CC[C@]6(C)O[C@]47[C@@H]5C(=O)OC[C@]74[C@@H]3[C@]3([C@H](O)C(=O)[C@@H]46)[C@@H]4CCCC[C@@H]4C#CC[C@@]1(c1ccoc1C[C@@H]([C@@H]1CC[C@H]4[C@H](C=CN5CNC[C@H]45)C1)[C@H](O)CO)OC(=O)[C@H]1O[C@@]132. The van der Waals surface area contributed by atoms with Gasteiger partial charge in [-0.05, 0) is 148 Å². The number of nitrogens with zero attached hydrogens (tertiary/aromatic N) is 1. The number of carbonyl (C=O) groups is 3. The molecule has 1 aromatic rings. The number of ketones is 1. The predicted octanol–water partition coefficient (Wildman–Crippen LogP) is 5.49. The number of aliphatic hydroxyl groups is 3. The molecular weight excluding hydrogens is 901 g/mol. The molecule has 15 aliphatic rings. The summed E-state index contributed by atoms with van der Waals surface area (Å²) in [5.41, 5.74) is -6.83. The zero-order valence-electron chi connectivity index (χ0n) is 41.2. The van der Waals surface area contributed by atoms with E-state index in [2.05, 4.69) is 54.3 Å². The number of cyclic esters (lactones) is 1. The van der Waals surface area contributed by atoms with E-state index in [-0.39, 0.29) is 66.9 Å². The number of aliphatic hydroxyl groups excluding tert-OH is 3. The number of esters is 2. The van der Waals surface area contributed by atoms with Crippen molar-refractivity contribution in [1.82, 2.24) is 10.2 Å². The molecule has 23 atom stereocenters. The fourth-order valence-electron chi connectivity index (χ4n) is 23.1. The maximum absolute atomic E-state index is 16.5. The fraction of sp³-hybridized carbons (Fsp3) is 0.776. The van der Waals surface area contributed by atoms with Crippen LogP contribution in [0.1, 0.15) is 121 Å². The largest absolute Gasteiger partial charge is 0.469 e. The highest BCUT2D eigenvalue weighted by atomic mass is 16.7.